The second-order valence-corrected chi connectivity index (χ2v) is 4.39. The molecule has 0 heterocycles. The van der Waals surface area contributed by atoms with Crippen molar-refractivity contribution in [2.75, 3.05) is 0 Å². The maximum atomic E-state index is 11.6. The van der Waals surface area contributed by atoms with Crippen molar-refractivity contribution in [1.29, 1.82) is 0 Å². The van der Waals surface area contributed by atoms with E-state index in [2.05, 4.69) is 0 Å². The molecule has 2 atom stereocenters. The number of carbonyl (C=O) groups is 2. The van der Waals surface area contributed by atoms with E-state index in [0.29, 0.717) is 25.7 Å². The highest BCUT2D eigenvalue weighted by molar-refractivity contribution is 6.01. The average molecular weight is 182 g/mol. The minimum atomic E-state index is -1.33. The van der Waals surface area contributed by atoms with Gasteiger partial charge >= 0.3 is 0 Å². The first-order valence-electron chi connectivity index (χ1n) is 4.80. The summed E-state index contributed by atoms with van der Waals surface area (Å²) in [4.78, 5) is 23.1. The van der Waals surface area contributed by atoms with Crippen LogP contribution in [0.3, 0.4) is 0 Å². The molecule has 0 aromatic heterocycles. The third-order valence-electron chi connectivity index (χ3n) is 3.78. The number of Topliss-reactive ketones (excluding diaryl/α,β-unsaturated/α-hetero) is 2. The molecule has 0 unspecified atom stereocenters. The second-order valence-electron chi connectivity index (χ2n) is 4.39. The normalized spacial score (nSPS) is 45.1. The van der Waals surface area contributed by atoms with Crippen molar-refractivity contribution in [2.45, 2.75) is 44.6 Å². The van der Waals surface area contributed by atoms with E-state index in [4.69, 9.17) is 0 Å². The Labute approximate surface area is 77.1 Å². The molecule has 0 radical (unpaired) electrons. The maximum absolute atomic E-state index is 11.6. The van der Waals surface area contributed by atoms with Crippen molar-refractivity contribution in [3.8, 4) is 0 Å². The van der Waals surface area contributed by atoms with Crippen LogP contribution in [0, 0.1) is 5.41 Å². The molecule has 0 aliphatic heterocycles. The number of ketones is 2. The molecule has 2 rings (SSSR count). The smallest absolute Gasteiger partial charge is 0.165 e. The number of hydrogen-bond donors (Lipinski definition) is 1. The molecule has 0 aromatic rings. The van der Waals surface area contributed by atoms with Gasteiger partial charge in [0.15, 0.2) is 5.78 Å². The zero-order valence-corrected chi connectivity index (χ0v) is 7.80. The van der Waals surface area contributed by atoms with E-state index < -0.39 is 11.0 Å². The third kappa shape index (κ3) is 0.881. The van der Waals surface area contributed by atoms with E-state index >= 15 is 0 Å². The Kier molecular flexibility index (Phi) is 1.65. The third-order valence-corrected chi connectivity index (χ3v) is 3.78. The summed E-state index contributed by atoms with van der Waals surface area (Å²) in [6.07, 6.45) is 2.52. The lowest BCUT2D eigenvalue weighted by atomic mass is 9.65. The van der Waals surface area contributed by atoms with Crippen LogP contribution in [0.4, 0.5) is 0 Å². The van der Waals surface area contributed by atoms with Crippen molar-refractivity contribution in [3.63, 3.8) is 0 Å². The molecule has 3 heteroatoms. The Balaban J connectivity index is 2.46. The number of hydrogen-bond acceptors (Lipinski definition) is 3. The predicted octanol–water partition coefficient (Wildman–Crippen LogP) is 0.840. The van der Waals surface area contributed by atoms with Crippen LogP contribution in [0.15, 0.2) is 0 Å². The molecule has 0 bridgehead atoms. The van der Waals surface area contributed by atoms with E-state index in [-0.39, 0.29) is 11.6 Å². The largest absolute Gasteiger partial charge is 0.381 e. The van der Waals surface area contributed by atoms with Gasteiger partial charge in [0.05, 0.1) is 5.41 Å². The van der Waals surface area contributed by atoms with Gasteiger partial charge in [-0.15, -0.1) is 0 Å². The van der Waals surface area contributed by atoms with Crippen molar-refractivity contribution in [1.82, 2.24) is 0 Å². The van der Waals surface area contributed by atoms with Gasteiger partial charge in [0, 0.05) is 12.8 Å². The van der Waals surface area contributed by atoms with Gasteiger partial charge in [-0.1, -0.05) is 0 Å². The highest BCUT2D eigenvalue weighted by Crippen LogP contribution is 2.50. The second kappa shape index (κ2) is 2.41. The predicted molar refractivity (Wildman–Crippen MR) is 46.2 cm³/mol. The topological polar surface area (TPSA) is 54.4 Å². The molecule has 2 saturated carbocycles. The van der Waals surface area contributed by atoms with Gasteiger partial charge in [0.1, 0.15) is 11.4 Å². The van der Waals surface area contributed by atoms with Crippen LogP contribution in [-0.4, -0.2) is 22.3 Å². The highest BCUT2D eigenvalue weighted by atomic mass is 16.3. The Hall–Kier alpha value is -0.700. The highest BCUT2D eigenvalue weighted by Gasteiger charge is 2.61. The van der Waals surface area contributed by atoms with E-state index in [1.165, 1.54) is 0 Å². The molecule has 13 heavy (non-hydrogen) atoms. The molecular weight excluding hydrogens is 168 g/mol. The summed E-state index contributed by atoms with van der Waals surface area (Å²) in [6.45, 7) is 1.74. The molecule has 0 spiro atoms. The first-order chi connectivity index (χ1) is 6.01. The maximum Gasteiger partial charge on any atom is 0.165 e. The average Bonchev–Trinajstić information content (AvgIpc) is 2.31. The van der Waals surface area contributed by atoms with Crippen LogP contribution < -0.4 is 0 Å². The monoisotopic (exact) mass is 182 g/mol. The summed E-state index contributed by atoms with van der Waals surface area (Å²) in [5, 5.41) is 10.1. The number of aliphatic hydroxyl groups is 1. The summed E-state index contributed by atoms with van der Waals surface area (Å²) < 4.78 is 0. The lowest BCUT2D eigenvalue weighted by molar-refractivity contribution is -0.159. The van der Waals surface area contributed by atoms with Gasteiger partial charge in [-0.05, 0) is 26.2 Å². The molecular formula is C10H14O3. The van der Waals surface area contributed by atoms with Crippen molar-refractivity contribution >= 4 is 11.6 Å². The fourth-order valence-corrected chi connectivity index (χ4v) is 2.68. The Bertz CT molecular complexity index is 282. The van der Waals surface area contributed by atoms with E-state index in [1.807, 2.05) is 0 Å². The summed E-state index contributed by atoms with van der Waals surface area (Å²) in [5.74, 6) is -0.0739. The van der Waals surface area contributed by atoms with E-state index in [0.717, 1.165) is 6.42 Å². The first kappa shape index (κ1) is 8.88. The van der Waals surface area contributed by atoms with Gasteiger partial charge in [-0.25, -0.2) is 0 Å². The van der Waals surface area contributed by atoms with Crippen LogP contribution in [0.1, 0.15) is 39.0 Å². The van der Waals surface area contributed by atoms with Gasteiger partial charge < -0.3 is 5.11 Å². The standard InChI is InChI=1S/C10H14O3/c1-9-5-2-3-8(12)10(9,13)6-4-7(9)11/h13H,2-6H2,1H3/t9-,10+/m0/s1. The lowest BCUT2D eigenvalue weighted by Gasteiger charge is -2.40. The van der Waals surface area contributed by atoms with Crippen molar-refractivity contribution in [3.05, 3.63) is 0 Å². The minimum absolute atomic E-state index is 0.0584. The van der Waals surface area contributed by atoms with Crippen LogP contribution in [-0.2, 0) is 9.59 Å². The summed E-state index contributed by atoms with van der Waals surface area (Å²) in [7, 11) is 0. The van der Waals surface area contributed by atoms with Crippen molar-refractivity contribution < 1.29 is 14.7 Å². The Morgan fingerprint density at radius 2 is 1.85 bits per heavy atom. The zero-order valence-electron chi connectivity index (χ0n) is 7.80. The molecule has 3 nitrogen and oxygen atoms in total. The molecule has 0 saturated heterocycles. The van der Waals surface area contributed by atoms with Crippen LogP contribution >= 0.6 is 0 Å². The molecule has 1 N–H and O–H groups in total. The molecule has 72 valence electrons. The van der Waals surface area contributed by atoms with Gasteiger partial charge in [0.25, 0.3) is 0 Å². The fourth-order valence-electron chi connectivity index (χ4n) is 2.68. The lowest BCUT2D eigenvalue weighted by Crippen LogP contribution is -2.54. The molecule has 2 aliphatic rings. The molecule has 2 aliphatic carbocycles. The van der Waals surface area contributed by atoms with Crippen molar-refractivity contribution in [2.24, 2.45) is 5.41 Å². The van der Waals surface area contributed by atoms with Gasteiger partial charge in [-0.3, -0.25) is 9.59 Å². The number of carbonyl (C=O) groups excluding carboxylic acids is 2. The summed E-state index contributed by atoms with van der Waals surface area (Å²) in [5.41, 5.74) is -2.11. The van der Waals surface area contributed by atoms with E-state index in [9.17, 15) is 14.7 Å². The van der Waals surface area contributed by atoms with Crippen LogP contribution in [0.2, 0.25) is 0 Å². The van der Waals surface area contributed by atoms with E-state index in [1.54, 1.807) is 6.92 Å². The SMILES string of the molecule is C[C@@]12CCCC(=O)[C@]1(O)CCC2=O. The summed E-state index contributed by atoms with van der Waals surface area (Å²) in [6, 6.07) is 0. The fraction of sp³-hybridized carbons (Fsp3) is 0.800. The number of rotatable bonds is 0. The molecule has 2 fully saturated rings. The Morgan fingerprint density at radius 3 is 2.46 bits per heavy atom. The van der Waals surface area contributed by atoms with Crippen LogP contribution in [0.5, 0.6) is 0 Å². The van der Waals surface area contributed by atoms with Gasteiger partial charge in [0.2, 0.25) is 0 Å². The Morgan fingerprint density at radius 1 is 1.15 bits per heavy atom. The summed E-state index contributed by atoms with van der Waals surface area (Å²) >= 11 is 0. The van der Waals surface area contributed by atoms with Gasteiger partial charge in [-0.2, -0.15) is 0 Å². The number of fused-ring (bicyclic) bond motifs is 1. The quantitative estimate of drug-likeness (QED) is 0.604. The first-order valence-corrected chi connectivity index (χ1v) is 4.80. The minimum Gasteiger partial charge on any atom is -0.381 e. The zero-order chi connectivity index (χ0) is 9.69. The molecule has 0 aromatic carbocycles. The van der Waals surface area contributed by atoms with Crippen LogP contribution in [0.25, 0.3) is 0 Å². The molecule has 0 amide bonds.